The molecule has 3 rings (SSSR count). The smallest absolute Gasteiger partial charge is 0.317 e. The number of carbonyl (C=O) groups excluding carboxylic acids is 2. The highest BCUT2D eigenvalue weighted by Crippen LogP contribution is 2.19. The van der Waals surface area contributed by atoms with E-state index in [1.807, 2.05) is 26.0 Å². The number of amides is 3. The topological polar surface area (TPSA) is 55.9 Å². The van der Waals surface area contributed by atoms with E-state index in [2.05, 4.69) is 10.2 Å². The minimum absolute atomic E-state index is 0.0191. The monoisotopic (exact) mass is 474 g/mol. The first-order valence-electron chi connectivity index (χ1n) is 11.8. The molecular weight excluding hydrogens is 439 g/mol. The zero-order valence-electron chi connectivity index (χ0n) is 19.7. The molecule has 0 unspecified atom stereocenters. The van der Waals surface area contributed by atoms with Crippen LogP contribution in [0.5, 0.6) is 0 Å². The van der Waals surface area contributed by atoms with Gasteiger partial charge in [0.2, 0.25) is 5.91 Å². The molecule has 1 aromatic carbocycles. The molecular formula is C25H35FN4O2S. The molecule has 0 radical (unpaired) electrons. The molecule has 2 heterocycles. The quantitative estimate of drug-likeness (QED) is 0.560. The fourth-order valence-corrected chi connectivity index (χ4v) is 4.93. The fraction of sp³-hybridized carbons (Fsp3) is 0.520. The summed E-state index contributed by atoms with van der Waals surface area (Å²) in [4.78, 5) is 34.1. The highest BCUT2D eigenvalue weighted by molar-refractivity contribution is 7.11. The Balaban J connectivity index is 1.70. The Morgan fingerprint density at radius 1 is 1.03 bits per heavy atom. The second-order valence-electron chi connectivity index (χ2n) is 8.55. The molecule has 1 aliphatic heterocycles. The molecule has 1 fully saturated rings. The van der Waals surface area contributed by atoms with Gasteiger partial charge >= 0.3 is 6.03 Å². The summed E-state index contributed by atoms with van der Waals surface area (Å²) in [5.41, 5.74) is 0.857. The molecule has 1 aromatic heterocycles. The molecule has 0 spiro atoms. The van der Waals surface area contributed by atoms with Gasteiger partial charge in [-0.2, -0.15) is 0 Å². The molecule has 6 nitrogen and oxygen atoms in total. The van der Waals surface area contributed by atoms with Gasteiger partial charge in [0, 0.05) is 35.9 Å². The average molecular weight is 475 g/mol. The molecule has 180 valence electrons. The van der Waals surface area contributed by atoms with E-state index in [0.717, 1.165) is 30.1 Å². The van der Waals surface area contributed by atoms with E-state index < -0.39 is 0 Å². The van der Waals surface area contributed by atoms with Crippen molar-refractivity contribution in [3.8, 4) is 0 Å². The van der Waals surface area contributed by atoms with E-state index in [4.69, 9.17) is 0 Å². The van der Waals surface area contributed by atoms with Crippen LogP contribution in [-0.2, 0) is 17.9 Å². The Bertz CT molecular complexity index is 896. The second kappa shape index (κ2) is 12.7. The summed E-state index contributed by atoms with van der Waals surface area (Å²) in [5.74, 6) is -0.416. The number of hydrogen-bond acceptors (Lipinski definition) is 4. The molecule has 1 aliphatic rings. The first kappa shape index (κ1) is 25.2. The number of urea groups is 1. The normalized spacial score (nSPS) is 14.2. The minimum atomic E-state index is -0.300. The van der Waals surface area contributed by atoms with E-state index >= 15 is 0 Å². The lowest BCUT2D eigenvalue weighted by Crippen LogP contribution is -2.49. The number of halogens is 1. The van der Waals surface area contributed by atoms with Crippen molar-refractivity contribution in [2.45, 2.75) is 46.2 Å². The second-order valence-corrected chi connectivity index (χ2v) is 9.92. The van der Waals surface area contributed by atoms with Crippen LogP contribution in [-0.4, -0.2) is 65.9 Å². The van der Waals surface area contributed by atoms with Crippen LogP contribution in [0.3, 0.4) is 0 Å². The largest absolute Gasteiger partial charge is 0.338 e. The van der Waals surface area contributed by atoms with Gasteiger partial charge in [-0.05, 0) is 69.6 Å². The Morgan fingerprint density at radius 3 is 2.39 bits per heavy atom. The molecule has 0 aliphatic carbocycles. The molecule has 2 aromatic rings. The van der Waals surface area contributed by atoms with Gasteiger partial charge in [0.1, 0.15) is 12.4 Å². The van der Waals surface area contributed by atoms with Gasteiger partial charge in [-0.15, -0.1) is 11.3 Å². The number of hydrogen-bond donors (Lipinski definition) is 1. The van der Waals surface area contributed by atoms with Crippen LogP contribution < -0.4 is 5.32 Å². The highest BCUT2D eigenvalue weighted by atomic mass is 32.1. The summed E-state index contributed by atoms with van der Waals surface area (Å²) in [7, 11) is 0. The number of carbonyl (C=O) groups is 2. The number of benzene rings is 1. The summed E-state index contributed by atoms with van der Waals surface area (Å²) in [6.45, 7) is 8.66. The zero-order chi connectivity index (χ0) is 23.6. The summed E-state index contributed by atoms with van der Waals surface area (Å²) in [6, 6.07) is 10.1. The summed E-state index contributed by atoms with van der Waals surface area (Å²) in [5, 5.41) is 2.84. The Morgan fingerprint density at radius 2 is 1.76 bits per heavy atom. The zero-order valence-corrected chi connectivity index (χ0v) is 20.5. The minimum Gasteiger partial charge on any atom is -0.338 e. The molecule has 8 heteroatoms. The molecule has 1 N–H and O–H groups in total. The van der Waals surface area contributed by atoms with Crippen molar-refractivity contribution >= 4 is 23.3 Å². The van der Waals surface area contributed by atoms with Crippen molar-refractivity contribution in [1.82, 2.24) is 20.0 Å². The maximum Gasteiger partial charge on any atom is 0.317 e. The number of nitrogens with one attached hydrogen (secondary N) is 1. The third-order valence-electron chi connectivity index (χ3n) is 5.86. The Kier molecular flexibility index (Phi) is 9.69. The van der Waals surface area contributed by atoms with Crippen molar-refractivity contribution < 1.29 is 14.0 Å². The number of likely N-dealkylation sites (tertiary alicyclic amines) is 1. The first-order chi connectivity index (χ1) is 15.9. The van der Waals surface area contributed by atoms with Gasteiger partial charge in [-0.3, -0.25) is 4.79 Å². The number of rotatable bonds is 10. The fourth-order valence-electron chi connectivity index (χ4n) is 4.02. The Labute approximate surface area is 200 Å². The lowest BCUT2D eigenvalue weighted by atomic mass is 10.1. The van der Waals surface area contributed by atoms with Crippen LogP contribution in [0.2, 0.25) is 0 Å². The van der Waals surface area contributed by atoms with E-state index in [9.17, 15) is 14.0 Å². The maximum atomic E-state index is 13.4. The third kappa shape index (κ3) is 8.12. The van der Waals surface area contributed by atoms with Crippen molar-refractivity contribution in [3.05, 3.63) is 57.5 Å². The van der Waals surface area contributed by atoms with E-state index in [0.29, 0.717) is 26.2 Å². The molecule has 3 amide bonds. The van der Waals surface area contributed by atoms with Gasteiger partial charge in [0.05, 0.1) is 6.54 Å². The standard InChI is InChI=1S/C25H35FN4O2S/c1-3-27-25(32)29(16-15-28-13-5-4-6-14-28)19-24(31)30(18-23-12-7-20(2)33-23)17-21-8-10-22(26)11-9-21/h7-12H,3-6,13-19H2,1-2H3,(H,27,32). The van der Waals surface area contributed by atoms with Gasteiger partial charge < -0.3 is 20.0 Å². The molecule has 0 saturated carbocycles. The summed E-state index contributed by atoms with van der Waals surface area (Å²) < 4.78 is 13.4. The molecule has 1 saturated heterocycles. The third-order valence-corrected chi connectivity index (χ3v) is 6.84. The number of nitrogens with zero attached hydrogens (tertiary/aromatic N) is 3. The van der Waals surface area contributed by atoms with Gasteiger partial charge in [-0.25, -0.2) is 9.18 Å². The van der Waals surface area contributed by atoms with E-state index in [1.165, 1.54) is 36.3 Å². The van der Waals surface area contributed by atoms with Crippen molar-refractivity contribution in [2.24, 2.45) is 0 Å². The van der Waals surface area contributed by atoms with Crippen LogP contribution in [0.4, 0.5) is 9.18 Å². The maximum absolute atomic E-state index is 13.4. The van der Waals surface area contributed by atoms with Crippen molar-refractivity contribution in [2.75, 3.05) is 39.3 Å². The molecule has 0 bridgehead atoms. The van der Waals surface area contributed by atoms with Gasteiger partial charge in [0.15, 0.2) is 0 Å². The molecule has 33 heavy (non-hydrogen) atoms. The van der Waals surface area contributed by atoms with Crippen molar-refractivity contribution in [3.63, 3.8) is 0 Å². The van der Waals surface area contributed by atoms with Crippen molar-refractivity contribution in [1.29, 1.82) is 0 Å². The Hall–Kier alpha value is -2.45. The predicted octanol–water partition coefficient (Wildman–Crippen LogP) is 4.24. The van der Waals surface area contributed by atoms with Crippen LogP contribution in [0.15, 0.2) is 36.4 Å². The van der Waals surface area contributed by atoms with Gasteiger partial charge in [0.25, 0.3) is 0 Å². The van der Waals surface area contributed by atoms with E-state index in [1.54, 1.807) is 33.3 Å². The lowest BCUT2D eigenvalue weighted by Gasteiger charge is -2.31. The lowest BCUT2D eigenvalue weighted by molar-refractivity contribution is -0.133. The van der Waals surface area contributed by atoms with Gasteiger partial charge in [-0.1, -0.05) is 18.6 Å². The van der Waals surface area contributed by atoms with E-state index in [-0.39, 0.29) is 24.3 Å². The number of thiophene rings is 1. The molecule has 0 atom stereocenters. The SMILES string of the molecule is CCNC(=O)N(CCN1CCCCC1)CC(=O)N(Cc1ccc(F)cc1)Cc1ccc(C)s1. The predicted molar refractivity (Wildman–Crippen MR) is 131 cm³/mol. The highest BCUT2D eigenvalue weighted by Gasteiger charge is 2.23. The van der Waals surface area contributed by atoms with Crippen LogP contribution in [0.1, 0.15) is 41.5 Å². The summed E-state index contributed by atoms with van der Waals surface area (Å²) in [6.07, 6.45) is 3.63. The summed E-state index contributed by atoms with van der Waals surface area (Å²) >= 11 is 1.66. The number of piperidine rings is 1. The average Bonchev–Trinajstić information content (AvgIpc) is 3.22. The first-order valence-corrected chi connectivity index (χ1v) is 12.6. The number of aryl methyl sites for hydroxylation is 1. The van der Waals surface area contributed by atoms with Crippen LogP contribution in [0.25, 0.3) is 0 Å². The van der Waals surface area contributed by atoms with Crippen LogP contribution >= 0.6 is 11.3 Å². The van der Waals surface area contributed by atoms with Crippen LogP contribution in [0, 0.1) is 12.7 Å².